The summed E-state index contributed by atoms with van der Waals surface area (Å²) in [5, 5.41) is 14.9. The Kier molecular flexibility index (Phi) is 7.18. The second-order valence-electron chi connectivity index (χ2n) is 8.00. The zero-order valence-corrected chi connectivity index (χ0v) is 18.2. The fraction of sp³-hybridized carbons (Fsp3) is 0.391. The van der Waals surface area contributed by atoms with Crippen LogP contribution in [0.25, 0.3) is 5.69 Å². The van der Waals surface area contributed by atoms with Crippen LogP contribution in [0.4, 0.5) is 10.1 Å². The van der Waals surface area contributed by atoms with Crippen LogP contribution in [0.15, 0.2) is 54.6 Å². The normalized spacial score (nSPS) is 16.1. The van der Waals surface area contributed by atoms with Gasteiger partial charge in [-0.3, -0.25) is 9.69 Å². The van der Waals surface area contributed by atoms with Crippen molar-refractivity contribution in [3.63, 3.8) is 0 Å². The van der Waals surface area contributed by atoms with E-state index in [-0.39, 0.29) is 17.8 Å². The second-order valence-corrected chi connectivity index (χ2v) is 8.00. The first-order valence-corrected chi connectivity index (χ1v) is 11.0. The summed E-state index contributed by atoms with van der Waals surface area (Å²) in [6.07, 6.45) is 1.76. The number of piperazine rings is 1. The number of tetrazole rings is 1. The van der Waals surface area contributed by atoms with Crippen LogP contribution in [-0.2, 0) is 11.2 Å². The molecule has 2 heterocycles. The van der Waals surface area contributed by atoms with Gasteiger partial charge in [-0.15, -0.1) is 5.10 Å². The second kappa shape index (κ2) is 10.4. The Morgan fingerprint density at radius 2 is 1.88 bits per heavy atom. The van der Waals surface area contributed by atoms with Gasteiger partial charge in [0.05, 0.1) is 11.7 Å². The lowest BCUT2D eigenvalue weighted by Gasteiger charge is -2.37. The minimum atomic E-state index is -0.359. The standard InChI is InChI=1S/C23H28FN7O/c1-18(23(32)25-20-8-5-7-19(24)17-20)30-15-13-29(14-16-30)12-6-11-22-26-27-28-31(22)21-9-3-2-4-10-21/h2-5,7-10,17-18H,6,11-16H2,1H3,(H,25,32). The largest absolute Gasteiger partial charge is 0.325 e. The molecule has 1 N–H and O–H groups in total. The summed E-state index contributed by atoms with van der Waals surface area (Å²) >= 11 is 0. The molecule has 1 amide bonds. The summed E-state index contributed by atoms with van der Waals surface area (Å²) in [5.41, 5.74) is 1.45. The minimum absolute atomic E-state index is 0.114. The molecule has 1 saturated heterocycles. The van der Waals surface area contributed by atoms with Crippen molar-refractivity contribution in [1.29, 1.82) is 0 Å². The summed E-state index contributed by atoms with van der Waals surface area (Å²) in [6.45, 7) is 6.30. The molecule has 4 rings (SSSR count). The fourth-order valence-electron chi connectivity index (χ4n) is 3.95. The summed E-state index contributed by atoms with van der Waals surface area (Å²) < 4.78 is 15.1. The first-order chi connectivity index (χ1) is 15.6. The summed E-state index contributed by atoms with van der Waals surface area (Å²) in [5.74, 6) is 0.385. The Labute approximate surface area is 187 Å². The van der Waals surface area contributed by atoms with Crippen LogP contribution >= 0.6 is 0 Å². The van der Waals surface area contributed by atoms with Gasteiger partial charge in [-0.1, -0.05) is 24.3 Å². The third-order valence-corrected chi connectivity index (χ3v) is 5.84. The number of aromatic nitrogens is 4. The zero-order chi connectivity index (χ0) is 22.3. The molecule has 1 unspecified atom stereocenters. The van der Waals surface area contributed by atoms with E-state index in [0.717, 1.165) is 57.1 Å². The maximum absolute atomic E-state index is 13.3. The first-order valence-electron chi connectivity index (χ1n) is 11.0. The number of amides is 1. The lowest BCUT2D eigenvalue weighted by molar-refractivity contribution is -0.121. The molecule has 8 nitrogen and oxygen atoms in total. The highest BCUT2D eigenvalue weighted by molar-refractivity contribution is 5.94. The van der Waals surface area contributed by atoms with E-state index in [1.54, 1.807) is 16.8 Å². The molecule has 3 aromatic rings. The van der Waals surface area contributed by atoms with E-state index < -0.39 is 0 Å². The Balaban J connectivity index is 1.21. The average Bonchev–Trinajstić information content (AvgIpc) is 3.28. The predicted octanol–water partition coefficient (Wildman–Crippen LogP) is 2.38. The zero-order valence-electron chi connectivity index (χ0n) is 18.2. The molecule has 1 aliphatic heterocycles. The maximum atomic E-state index is 13.3. The molecule has 0 bridgehead atoms. The first kappa shape index (κ1) is 22.0. The molecular weight excluding hydrogens is 409 g/mol. The van der Waals surface area contributed by atoms with Crippen molar-refractivity contribution >= 4 is 11.6 Å². The van der Waals surface area contributed by atoms with Gasteiger partial charge in [0.15, 0.2) is 5.82 Å². The van der Waals surface area contributed by atoms with E-state index in [4.69, 9.17) is 0 Å². The number of aryl methyl sites for hydroxylation is 1. The molecule has 1 aliphatic rings. The van der Waals surface area contributed by atoms with E-state index in [9.17, 15) is 9.18 Å². The SMILES string of the molecule is CC(C(=O)Nc1cccc(F)c1)N1CCN(CCCc2nnnn2-c2ccccc2)CC1. The number of anilines is 1. The number of hydrogen-bond acceptors (Lipinski definition) is 6. The summed E-state index contributed by atoms with van der Waals surface area (Å²) in [6, 6.07) is 15.6. The van der Waals surface area contributed by atoms with Crippen molar-refractivity contribution in [3.05, 3.63) is 66.2 Å². The molecule has 1 aromatic heterocycles. The predicted molar refractivity (Wildman–Crippen MR) is 120 cm³/mol. The van der Waals surface area contributed by atoms with Crippen LogP contribution in [0.2, 0.25) is 0 Å². The lowest BCUT2D eigenvalue weighted by Crippen LogP contribution is -2.52. The van der Waals surface area contributed by atoms with Crippen molar-refractivity contribution < 1.29 is 9.18 Å². The summed E-state index contributed by atoms with van der Waals surface area (Å²) in [4.78, 5) is 17.1. The Morgan fingerprint density at radius 3 is 2.62 bits per heavy atom. The van der Waals surface area contributed by atoms with Gasteiger partial charge in [-0.05, 0) is 60.6 Å². The average molecular weight is 438 g/mol. The number of para-hydroxylation sites is 1. The molecular formula is C23H28FN7O. The fourth-order valence-corrected chi connectivity index (χ4v) is 3.95. The molecule has 0 radical (unpaired) electrons. The molecule has 0 aliphatic carbocycles. The van der Waals surface area contributed by atoms with E-state index in [1.807, 2.05) is 37.3 Å². The topological polar surface area (TPSA) is 79.2 Å². The number of carbonyl (C=O) groups is 1. The van der Waals surface area contributed by atoms with Gasteiger partial charge in [0, 0.05) is 38.3 Å². The van der Waals surface area contributed by atoms with E-state index >= 15 is 0 Å². The molecule has 9 heteroatoms. The Hall–Kier alpha value is -3.17. The molecule has 1 fully saturated rings. The van der Waals surface area contributed by atoms with Gasteiger partial charge in [0.1, 0.15) is 5.82 Å². The van der Waals surface area contributed by atoms with Gasteiger partial charge in [0.25, 0.3) is 0 Å². The van der Waals surface area contributed by atoms with E-state index in [0.29, 0.717) is 5.69 Å². The minimum Gasteiger partial charge on any atom is -0.325 e. The van der Waals surface area contributed by atoms with E-state index in [1.165, 1.54) is 12.1 Å². The van der Waals surface area contributed by atoms with Crippen LogP contribution in [0.1, 0.15) is 19.2 Å². The number of hydrogen-bond donors (Lipinski definition) is 1. The molecule has 0 saturated carbocycles. The molecule has 0 spiro atoms. The van der Waals surface area contributed by atoms with Gasteiger partial charge in [-0.2, -0.15) is 4.68 Å². The summed E-state index contributed by atoms with van der Waals surface area (Å²) in [7, 11) is 0. The number of nitrogens with zero attached hydrogens (tertiary/aromatic N) is 6. The number of rotatable bonds is 8. The smallest absolute Gasteiger partial charge is 0.241 e. The van der Waals surface area contributed by atoms with Crippen LogP contribution in [0.3, 0.4) is 0 Å². The van der Waals surface area contributed by atoms with Gasteiger partial charge in [0.2, 0.25) is 5.91 Å². The van der Waals surface area contributed by atoms with Crippen LogP contribution in [-0.4, -0.2) is 74.7 Å². The number of benzene rings is 2. The van der Waals surface area contributed by atoms with Crippen molar-refractivity contribution in [3.8, 4) is 5.69 Å². The highest BCUT2D eigenvalue weighted by Gasteiger charge is 2.25. The Morgan fingerprint density at radius 1 is 1.09 bits per heavy atom. The lowest BCUT2D eigenvalue weighted by atomic mass is 10.2. The quantitative estimate of drug-likeness (QED) is 0.583. The Bertz CT molecular complexity index is 1020. The van der Waals surface area contributed by atoms with Crippen LogP contribution in [0.5, 0.6) is 0 Å². The van der Waals surface area contributed by atoms with Gasteiger partial charge >= 0.3 is 0 Å². The van der Waals surface area contributed by atoms with Crippen molar-refractivity contribution in [2.75, 3.05) is 38.0 Å². The van der Waals surface area contributed by atoms with E-state index in [2.05, 4.69) is 30.6 Å². The number of halogens is 1. The van der Waals surface area contributed by atoms with Crippen molar-refractivity contribution in [2.45, 2.75) is 25.8 Å². The third-order valence-electron chi connectivity index (χ3n) is 5.84. The molecule has 168 valence electrons. The van der Waals surface area contributed by atoms with Crippen molar-refractivity contribution in [1.82, 2.24) is 30.0 Å². The molecule has 2 aromatic carbocycles. The monoisotopic (exact) mass is 437 g/mol. The van der Waals surface area contributed by atoms with Crippen LogP contribution in [0, 0.1) is 5.82 Å². The highest BCUT2D eigenvalue weighted by Crippen LogP contribution is 2.13. The van der Waals surface area contributed by atoms with Gasteiger partial charge in [-0.25, -0.2) is 4.39 Å². The third kappa shape index (κ3) is 5.54. The van der Waals surface area contributed by atoms with Gasteiger partial charge < -0.3 is 10.2 Å². The van der Waals surface area contributed by atoms with Crippen LogP contribution < -0.4 is 5.32 Å². The maximum Gasteiger partial charge on any atom is 0.241 e. The highest BCUT2D eigenvalue weighted by atomic mass is 19.1. The number of carbonyl (C=O) groups excluding carboxylic acids is 1. The molecule has 1 atom stereocenters. The molecule has 32 heavy (non-hydrogen) atoms. The number of nitrogens with one attached hydrogen (secondary N) is 1. The van der Waals surface area contributed by atoms with Crippen molar-refractivity contribution in [2.24, 2.45) is 0 Å².